The van der Waals surface area contributed by atoms with Gasteiger partial charge in [-0.3, -0.25) is 9.59 Å². The number of aryl methyl sites for hydroxylation is 2. The van der Waals surface area contributed by atoms with Gasteiger partial charge in [0.1, 0.15) is 0 Å². The van der Waals surface area contributed by atoms with Crippen LogP contribution in [0.5, 0.6) is 6.01 Å². The maximum atomic E-state index is 13.5. The Labute approximate surface area is 241 Å². The summed E-state index contributed by atoms with van der Waals surface area (Å²) in [7, 11) is 1.29. The van der Waals surface area contributed by atoms with Crippen LogP contribution in [0.25, 0.3) is 0 Å². The number of methoxy groups -OCH3 is 1. The number of hydrogen-bond acceptors (Lipinski definition) is 8. The number of likely N-dealkylation sites (tertiary alicyclic amines) is 2. The Morgan fingerprint density at radius 3 is 2.22 bits per heavy atom. The van der Waals surface area contributed by atoms with Gasteiger partial charge in [-0.15, -0.1) is 0 Å². The topological polar surface area (TPSA) is 114 Å². The first-order valence-corrected chi connectivity index (χ1v) is 14.7. The van der Waals surface area contributed by atoms with E-state index in [4.69, 9.17) is 4.74 Å². The zero-order chi connectivity index (χ0) is 28.9. The molecule has 0 spiro atoms. The lowest BCUT2D eigenvalue weighted by Crippen LogP contribution is -2.37. The van der Waals surface area contributed by atoms with E-state index in [9.17, 15) is 14.4 Å². The van der Waals surface area contributed by atoms with Crippen molar-refractivity contribution in [2.75, 3.05) is 46.4 Å². The molecule has 3 unspecified atom stereocenters. The third-order valence-corrected chi connectivity index (χ3v) is 8.84. The van der Waals surface area contributed by atoms with Gasteiger partial charge in [-0.1, -0.05) is 43.2 Å². The second-order valence-corrected chi connectivity index (χ2v) is 11.6. The quantitative estimate of drug-likeness (QED) is 0.439. The predicted octanol–water partition coefficient (Wildman–Crippen LogP) is 3.09. The number of carbonyl (C=O) groups is 3. The smallest absolute Gasteiger partial charge is 0.344 e. The number of benzene rings is 1. The molecule has 220 valence electrons. The van der Waals surface area contributed by atoms with Crippen molar-refractivity contribution in [3.05, 3.63) is 52.8 Å². The Kier molecular flexibility index (Phi) is 9.17. The molecule has 1 aromatic carbocycles. The number of rotatable bonds is 10. The lowest BCUT2D eigenvalue weighted by molar-refractivity contribution is -0.143. The van der Waals surface area contributed by atoms with E-state index in [2.05, 4.69) is 37.1 Å². The molecule has 3 heterocycles. The maximum absolute atomic E-state index is 13.5. The summed E-state index contributed by atoms with van der Waals surface area (Å²) in [6.45, 7) is 7.46. The van der Waals surface area contributed by atoms with Crippen molar-refractivity contribution in [3.63, 3.8) is 0 Å². The second kappa shape index (κ2) is 13.0. The summed E-state index contributed by atoms with van der Waals surface area (Å²) < 4.78 is 9.90. The lowest BCUT2D eigenvalue weighted by Gasteiger charge is -2.26. The Morgan fingerprint density at radius 2 is 1.61 bits per heavy atom. The average Bonchev–Trinajstić information content (AvgIpc) is 3.71. The van der Waals surface area contributed by atoms with E-state index < -0.39 is 5.97 Å². The van der Waals surface area contributed by atoms with Gasteiger partial charge in [0.05, 0.1) is 30.1 Å². The van der Waals surface area contributed by atoms with Gasteiger partial charge in [0.25, 0.3) is 5.91 Å². The van der Waals surface area contributed by atoms with Gasteiger partial charge in [0.2, 0.25) is 5.91 Å². The summed E-state index contributed by atoms with van der Waals surface area (Å²) in [5, 5.41) is 3.36. The third kappa shape index (κ3) is 6.86. The number of fused-ring (bicyclic) bond motifs is 1. The molecule has 2 aromatic rings. The number of esters is 1. The zero-order valence-corrected chi connectivity index (χ0v) is 24.3. The number of amides is 2. The minimum atomic E-state index is -0.522. The number of hydrogen-bond donors (Lipinski definition) is 1. The molecule has 2 aliphatic heterocycles. The van der Waals surface area contributed by atoms with Crippen LogP contribution in [0.15, 0.2) is 30.3 Å². The van der Waals surface area contributed by atoms with Gasteiger partial charge in [-0.25, -0.2) is 4.79 Å². The van der Waals surface area contributed by atoms with Crippen LogP contribution in [-0.4, -0.2) is 84.0 Å². The molecule has 1 aliphatic carbocycles. The summed E-state index contributed by atoms with van der Waals surface area (Å²) in [6.07, 6.45) is 5.15. The summed E-state index contributed by atoms with van der Waals surface area (Å²) in [5.74, 6) is 0.613. The summed E-state index contributed by atoms with van der Waals surface area (Å²) in [4.78, 5) is 50.8. The molecular weight excluding hydrogens is 522 g/mol. The van der Waals surface area contributed by atoms with Crippen molar-refractivity contribution >= 4 is 17.8 Å². The van der Waals surface area contributed by atoms with Crippen LogP contribution >= 0.6 is 0 Å². The maximum Gasteiger partial charge on any atom is 0.344 e. The molecule has 2 amide bonds. The zero-order valence-electron chi connectivity index (χ0n) is 24.3. The Balaban J connectivity index is 1.15. The molecule has 3 aliphatic rings. The molecule has 0 radical (unpaired) electrons. The highest BCUT2D eigenvalue weighted by atomic mass is 16.6. The standard InChI is InChI=1S/C31H41N5O5/c1-20-28(21(2)33-31(32-20)41-19-27(37)40-3)30(39)36-17-24-15-35(16-25(24)18-36)14-13-26(22-9-5-4-6-10-22)34-29(38)23-11-7-8-12-23/h4-6,9-10,23-26H,7-8,11-19H2,1-3H3,(H,34,38). The van der Waals surface area contributed by atoms with Crippen molar-refractivity contribution < 1.29 is 23.9 Å². The Hall–Kier alpha value is -3.53. The molecule has 3 fully saturated rings. The number of ether oxygens (including phenoxy) is 2. The van der Waals surface area contributed by atoms with Crippen LogP contribution < -0.4 is 10.1 Å². The van der Waals surface area contributed by atoms with Gasteiger partial charge in [-0.2, -0.15) is 9.97 Å². The molecule has 10 heteroatoms. The molecule has 41 heavy (non-hydrogen) atoms. The van der Waals surface area contributed by atoms with E-state index in [0.29, 0.717) is 41.9 Å². The van der Waals surface area contributed by atoms with Gasteiger partial charge < -0.3 is 24.6 Å². The first-order chi connectivity index (χ1) is 19.8. The van der Waals surface area contributed by atoms with Crippen LogP contribution in [0.3, 0.4) is 0 Å². The highest BCUT2D eigenvalue weighted by Crippen LogP contribution is 2.33. The molecule has 1 aromatic heterocycles. The van der Waals surface area contributed by atoms with Crippen LogP contribution in [0.4, 0.5) is 0 Å². The van der Waals surface area contributed by atoms with E-state index in [1.807, 2.05) is 23.1 Å². The number of nitrogens with one attached hydrogen (secondary N) is 1. The van der Waals surface area contributed by atoms with Crippen molar-refractivity contribution in [1.29, 1.82) is 0 Å². The van der Waals surface area contributed by atoms with Crippen molar-refractivity contribution in [2.24, 2.45) is 17.8 Å². The predicted molar refractivity (Wildman–Crippen MR) is 152 cm³/mol. The van der Waals surface area contributed by atoms with Crippen LogP contribution in [-0.2, 0) is 14.3 Å². The molecule has 5 rings (SSSR count). The van der Waals surface area contributed by atoms with E-state index in [1.54, 1.807) is 13.8 Å². The van der Waals surface area contributed by atoms with Crippen LogP contribution in [0.1, 0.15) is 65.5 Å². The van der Waals surface area contributed by atoms with E-state index in [-0.39, 0.29) is 36.4 Å². The minimum Gasteiger partial charge on any atom is -0.466 e. The number of aromatic nitrogens is 2. The SMILES string of the molecule is COC(=O)COc1nc(C)c(C(=O)N2CC3CN(CCC(NC(=O)C4CCCC4)c4ccccc4)CC3C2)c(C)n1. The molecule has 0 bridgehead atoms. The second-order valence-electron chi connectivity index (χ2n) is 11.6. The first-order valence-electron chi connectivity index (χ1n) is 14.7. The lowest BCUT2D eigenvalue weighted by atomic mass is 10.0. The summed E-state index contributed by atoms with van der Waals surface area (Å²) in [5.41, 5.74) is 2.72. The highest BCUT2D eigenvalue weighted by molar-refractivity contribution is 5.96. The molecule has 3 atom stereocenters. The van der Waals surface area contributed by atoms with Crippen LogP contribution in [0, 0.1) is 31.6 Å². The van der Waals surface area contributed by atoms with Crippen molar-refractivity contribution in [1.82, 2.24) is 25.1 Å². The van der Waals surface area contributed by atoms with Crippen molar-refractivity contribution in [3.8, 4) is 6.01 Å². The van der Waals surface area contributed by atoms with Crippen LogP contribution in [0.2, 0.25) is 0 Å². The van der Waals surface area contributed by atoms with Gasteiger partial charge in [0.15, 0.2) is 6.61 Å². The molecular formula is C31H41N5O5. The van der Waals surface area contributed by atoms with E-state index in [0.717, 1.165) is 57.3 Å². The normalized spacial score (nSPS) is 21.5. The monoisotopic (exact) mass is 563 g/mol. The highest BCUT2D eigenvalue weighted by Gasteiger charge is 2.42. The number of carbonyl (C=O) groups excluding carboxylic acids is 3. The first kappa shape index (κ1) is 29.0. The molecule has 1 N–H and O–H groups in total. The third-order valence-electron chi connectivity index (χ3n) is 8.84. The molecule has 2 saturated heterocycles. The average molecular weight is 564 g/mol. The summed E-state index contributed by atoms with van der Waals surface area (Å²) >= 11 is 0. The van der Waals surface area contributed by atoms with Gasteiger partial charge in [0, 0.05) is 38.6 Å². The molecule has 1 saturated carbocycles. The van der Waals surface area contributed by atoms with E-state index >= 15 is 0 Å². The number of nitrogens with zero attached hydrogens (tertiary/aromatic N) is 4. The van der Waals surface area contributed by atoms with Gasteiger partial charge in [-0.05, 0) is 50.5 Å². The van der Waals surface area contributed by atoms with Gasteiger partial charge >= 0.3 is 12.0 Å². The largest absolute Gasteiger partial charge is 0.466 e. The molecule has 10 nitrogen and oxygen atoms in total. The fourth-order valence-corrected chi connectivity index (χ4v) is 6.64. The van der Waals surface area contributed by atoms with Crippen molar-refractivity contribution in [2.45, 2.75) is 52.0 Å². The minimum absolute atomic E-state index is 0.00772. The fourth-order valence-electron chi connectivity index (χ4n) is 6.64. The Morgan fingerprint density at radius 1 is 0.976 bits per heavy atom. The Bertz CT molecular complexity index is 1210. The fraction of sp³-hybridized carbons (Fsp3) is 0.581. The van der Waals surface area contributed by atoms with E-state index in [1.165, 1.54) is 7.11 Å². The summed E-state index contributed by atoms with van der Waals surface area (Å²) in [6, 6.07) is 10.4.